The molecule has 3 atom stereocenters. The first kappa shape index (κ1) is 14.7. The number of carboxylic acid groups (broad SMARTS) is 1. The number of nitrogens with zero attached hydrogens (tertiary/aromatic N) is 4. The number of carbonyl (C=O) groups is 2. The normalized spacial score (nSPS) is 36.3. The second-order valence-electron chi connectivity index (χ2n) is 7.33. The standard InChI is InChI=1S/C16H22N4O3/c21-15(12-6-13(7-12)20-4-3-17-18-20)19-8-10-1-2-11(9-19)14(5-10)16(22)23/h3-4,10-14H,1-2,5-9H2,(H,22,23). The maximum absolute atomic E-state index is 12.8. The van der Waals surface area contributed by atoms with Crippen LogP contribution in [0.2, 0.25) is 0 Å². The van der Waals surface area contributed by atoms with Gasteiger partial charge in [0.15, 0.2) is 0 Å². The van der Waals surface area contributed by atoms with E-state index in [4.69, 9.17) is 0 Å². The fraction of sp³-hybridized carbons (Fsp3) is 0.750. The predicted octanol–water partition coefficient (Wildman–Crippen LogP) is 1.19. The lowest BCUT2D eigenvalue weighted by Gasteiger charge is -2.37. The molecule has 0 radical (unpaired) electrons. The summed E-state index contributed by atoms with van der Waals surface area (Å²) < 4.78 is 1.83. The molecule has 4 aliphatic rings. The van der Waals surface area contributed by atoms with E-state index in [0.717, 1.165) is 38.6 Å². The summed E-state index contributed by atoms with van der Waals surface area (Å²) in [6.45, 7) is 1.36. The van der Waals surface area contributed by atoms with Gasteiger partial charge in [-0.25, -0.2) is 4.68 Å². The predicted molar refractivity (Wildman–Crippen MR) is 80.3 cm³/mol. The molecular weight excluding hydrogens is 296 g/mol. The number of aromatic nitrogens is 3. The van der Waals surface area contributed by atoms with E-state index in [-0.39, 0.29) is 29.7 Å². The SMILES string of the molecule is O=C(O)C1CC2CCC1CN(C(=O)C1CC(n3ccnn3)C1)C2. The Morgan fingerprint density at radius 1 is 1.13 bits per heavy atom. The fourth-order valence-corrected chi connectivity index (χ4v) is 4.53. The van der Waals surface area contributed by atoms with Gasteiger partial charge in [-0.15, -0.1) is 5.10 Å². The third kappa shape index (κ3) is 2.62. The average Bonchev–Trinajstić information content (AvgIpc) is 2.84. The van der Waals surface area contributed by atoms with E-state index in [1.807, 2.05) is 15.8 Å². The minimum Gasteiger partial charge on any atom is -0.481 e. The second-order valence-corrected chi connectivity index (χ2v) is 7.33. The summed E-state index contributed by atoms with van der Waals surface area (Å²) in [7, 11) is 0. The zero-order chi connectivity index (χ0) is 16.0. The lowest BCUT2D eigenvalue weighted by molar-refractivity contribution is -0.146. The number of amides is 1. The maximum Gasteiger partial charge on any atom is 0.306 e. The third-order valence-electron chi connectivity index (χ3n) is 5.94. The van der Waals surface area contributed by atoms with E-state index >= 15 is 0 Å². The minimum atomic E-state index is -0.691. The lowest BCUT2D eigenvalue weighted by atomic mass is 9.76. The van der Waals surface area contributed by atoms with Gasteiger partial charge in [-0.1, -0.05) is 5.21 Å². The van der Waals surface area contributed by atoms with Crippen LogP contribution >= 0.6 is 0 Å². The molecule has 2 saturated carbocycles. The van der Waals surface area contributed by atoms with Gasteiger partial charge in [0, 0.05) is 25.2 Å². The van der Waals surface area contributed by atoms with Crippen molar-refractivity contribution in [3.8, 4) is 0 Å². The zero-order valence-electron chi connectivity index (χ0n) is 13.0. The van der Waals surface area contributed by atoms with E-state index in [1.54, 1.807) is 6.20 Å². The summed E-state index contributed by atoms with van der Waals surface area (Å²) >= 11 is 0. The van der Waals surface area contributed by atoms with Crippen molar-refractivity contribution >= 4 is 11.9 Å². The van der Waals surface area contributed by atoms with Crippen LogP contribution in [-0.2, 0) is 9.59 Å². The Kier molecular flexibility index (Phi) is 3.58. The van der Waals surface area contributed by atoms with Crippen LogP contribution in [-0.4, -0.2) is 50.0 Å². The molecule has 7 nitrogen and oxygen atoms in total. The molecule has 1 amide bonds. The van der Waals surface area contributed by atoms with E-state index in [0.29, 0.717) is 12.5 Å². The second kappa shape index (κ2) is 5.62. The molecule has 3 heterocycles. The molecule has 1 aromatic rings. The monoisotopic (exact) mass is 318 g/mol. The summed E-state index contributed by atoms with van der Waals surface area (Å²) in [5, 5.41) is 17.2. The quantitative estimate of drug-likeness (QED) is 0.904. The molecule has 5 rings (SSSR count). The van der Waals surface area contributed by atoms with Crippen LogP contribution in [0.25, 0.3) is 0 Å². The molecule has 7 heteroatoms. The van der Waals surface area contributed by atoms with Crippen LogP contribution in [0.3, 0.4) is 0 Å². The van der Waals surface area contributed by atoms with Crippen molar-refractivity contribution in [3.63, 3.8) is 0 Å². The molecule has 23 heavy (non-hydrogen) atoms. The van der Waals surface area contributed by atoms with E-state index < -0.39 is 5.97 Å². The third-order valence-corrected chi connectivity index (χ3v) is 5.94. The zero-order valence-corrected chi connectivity index (χ0v) is 13.0. The molecule has 2 aliphatic heterocycles. The van der Waals surface area contributed by atoms with Gasteiger partial charge < -0.3 is 10.0 Å². The molecule has 0 aromatic carbocycles. The van der Waals surface area contributed by atoms with E-state index in [2.05, 4.69) is 10.3 Å². The van der Waals surface area contributed by atoms with Gasteiger partial charge in [-0.05, 0) is 43.9 Å². The highest BCUT2D eigenvalue weighted by molar-refractivity contribution is 5.80. The summed E-state index contributed by atoms with van der Waals surface area (Å²) in [5.41, 5.74) is 0. The lowest BCUT2D eigenvalue weighted by Crippen LogP contribution is -2.44. The van der Waals surface area contributed by atoms with Crippen LogP contribution in [0.5, 0.6) is 0 Å². The smallest absolute Gasteiger partial charge is 0.306 e. The van der Waals surface area contributed by atoms with Crippen LogP contribution < -0.4 is 0 Å². The van der Waals surface area contributed by atoms with Gasteiger partial charge in [0.05, 0.1) is 18.2 Å². The fourth-order valence-electron chi connectivity index (χ4n) is 4.53. The number of carbonyl (C=O) groups excluding carboxylic acids is 1. The van der Waals surface area contributed by atoms with Gasteiger partial charge >= 0.3 is 5.97 Å². The first-order chi connectivity index (χ1) is 11.1. The summed E-state index contributed by atoms with van der Waals surface area (Å²) in [6.07, 6.45) is 7.87. The largest absolute Gasteiger partial charge is 0.481 e. The van der Waals surface area contributed by atoms with E-state index in [1.165, 1.54) is 0 Å². The molecule has 1 aromatic heterocycles. The average molecular weight is 318 g/mol. The minimum absolute atomic E-state index is 0.0602. The highest BCUT2D eigenvalue weighted by Crippen LogP contribution is 2.42. The van der Waals surface area contributed by atoms with Crippen molar-refractivity contribution in [3.05, 3.63) is 12.4 Å². The van der Waals surface area contributed by atoms with Gasteiger partial charge in [0.1, 0.15) is 0 Å². The molecule has 2 aliphatic carbocycles. The van der Waals surface area contributed by atoms with Gasteiger partial charge in [-0.2, -0.15) is 0 Å². The highest BCUT2D eigenvalue weighted by Gasteiger charge is 2.44. The van der Waals surface area contributed by atoms with Crippen LogP contribution in [0, 0.1) is 23.7 Å². The summed E-state index contributed by atoms with van der Waals surface area (Å²) in [5.74, 6) is -0.208. The van der Waals surface area contributed by atoms with Crippen molar-refractivity contribution in [2.45, 2.75) is 38.1 Å². The first-order valence-electron chi connectivity index (χ1n) is 8.49. The Balaban J connectivity index is 1.39. The Bertz CT molecular complexity index is 596. The summed E-state index contributed by atoms with van der Waals surface area (Å²) in [6, 6.07) is 0.280. The number of fused-ring (bicyclic) bond motifs is 4. The number of hydrogen-bond donors (Lipinski definition) is 1. The number of hydrogen-bond acceptors (Lipinski definition) is 4. The van der Waals surface area contributed by atoms with Crippen LogP contribution in [0.4, 0.5) is 0 Å². The Hall–Kier alpha value is -1.92. The van der Waals surface area contributed by atoms with Crippen molar-refractivity contribution in [1.29, 1.82) is 0 Å². The number of rotatable bonds is 3. The van der Waals surface area contributed by atoms with Crippen molar-refractivity contribution in [2.24, 2.45) is 23.7 Å². The van der Waals surface area contributed by atoms with Crippen molar-refractivity contribution in [2.75, 3.05) is 13.1 Å². The summed E-state index contributed by atoms with van der Waals surface area (Å²) in [4.78, 5) is 26.2. The molecule has 124 valence electrons. The number of carboxylic acids is 1. The van der Waals surface area contributed by atoms with Gasteiger partial charge in [-0.3, -0.25) is 9.59 Å². The molecular formula is C16H22N4O3. The Labute approximate surface area is 134 Å². The Morgan fingerprint density at radius 3 is 2.65 bits per heavy atom. The molecule has 4 fully saturated rings. The molecule has 2 saturated heterocycles. The van der Waals surface area contributed by atoms with Crippen LogP contribution in [0.1, 0.15) is 38.1 Å². The topological polar surface area (TPSA) is 88.3 Å². The number of aliphatic carboxylic acids is 1. The molecule has 1 N–H and O–H groups in total. The van der Waals surface area contributed by atoms with E-state index in [9.17, 15) is 14.7 Å². The highest BCUT2D eigenvalue weighted by atomic mass is 16.4. The van der Waals surface area contributed by atoms with Crippen LogP contribution in [0.15, 0.2) is 12.4 Å². The first-order valence-corrected chi connectivity index (χ1v) is 8.49. The van der Waals surface area contributed by atoms with Gasteiger partial charge in [0.25, 0.3) is 0 Å². The van der Waals surface area contributed by atoms with Gasteiger partial charge in [0.2, 0.25) is 5.91 Å². The molecule has 0 spiro atoms. The maximum atomic E-state index is 12.8. The van der Waals surface area contributed by atoms with Crippen molar-refractivity contribution < 1.29 is 14.7 Å². The molecule has 3 unspecified atom stereocenters. The Morgan fingerprint density at radius 2 is 1.96 bits per heavy atom. The molecule has 2 bridgehead atoms. The van der Waals surface area contributed by atoms with Crippen molar-refractivity contribution in [1.82, 2.24) is 19.9 Å².